The number of allylic oxidation sites excluding steroid dienone is 1. The van der Waals surface area contributed by atoms with Crippen LogP contribution in [0, 0.1) is 0 Å². The van der Waals surface area contributed by atoms with Crippen LogP contribution in [0.25, 0.3) is 0 Å². The smallest absolute Gasteiger partial charge is 0.165 e. The lowest BCUT2D eigenvalue weighted by Gasteiger charge is -2.10. The zero-order valence-corrected chi connectivity index (χ0v) is 5.49. The summed E-state index contributed by atoms with van der Waals surface area (Å²) in [4.78, 5) is 0. The van der Waals surface area contributed by atoms with Crippen LogP contribution in [0.3, 0.4) is 0 Å². The van der Waals surface area contributed by atoms with Crippen LogP contribution in [-0.2, 0) is 0 Å². The SMILES string of the molecule is FC(F)(F)C(=C=S)C(F)(F)F. The molecule has 0 spiro atoms. The molecule has 0 heterocycles. The normalized spacial score (nSPS) is 12.5. The van der Waals surface area contributed by atoms with Gasteiger partial charge in [-0.25, -0.2) is 0 Å². The van der Waals surface area contributed by atoms with Gasteiger partial charge in [0.15, 0.2) is 5.57 Å². The first-order valence-electron chi connectivity index (χ1n) is 2.09. The van der Waals surface area contributed by atoms with Gasteiger partial charge in [-0.15, -0.1) is 0 Å². The fourth-order valence-corrected chi connectivity index (χ4v) is 0.508. The van der Waals surface area contributed by atoms with E-state index in [0.717, 1.165) is 0 Å². The van der Waals surface area contributed by atoms with Crippen molar-refractivity contribution in [2.24, 2.45) is 0 Å². The molecule has 0 unspecified atom stereocenters. The number of halogens is 6. The van der Waals surface area contributed by atoms with Crippen LogP contribution >= 0.6 is 12.2 Å². The van der Waals surface area contributed by atoms with Gasteiger partial charge in [0.1, 0.15) is 0 Å². The van der Waals surface area contributed by atoms with E-state index in [4.69, 9.17) is 0 Å². The number of thiocarbonyl (C=S) groups is 1. The molecule has 11 heavy (non-hydrogen) atoms. The summed E-state index contributed by atoms with van der Waals surface area (Å²) in [5.41, 5.74) is -2.78. The number of hydrogen-bond donors (Lipinski definition) is 0. The molecular formula is C4F6S. The highest BCUT2D eigenvalue weighted by Crippen LogP contribution is 2.36. The highest BCUT2D eigenvalue weighted by molar-refractivity contribution is 7.78. The molecule has 7 heteroatoms. The van der Waals surface area contributed by atoms with Gasteiger partial charge in [-0.1, -0.05) is 0 Å². The average molecular weight is 194 g/mol. The van der Waals surface area contributed by atoms with E-state index in [1.54, 1.807) is 0 Å². The summed E-state index contributed by atoms with van der Waals surface area (Å²) in [7, 11) is 0. The van der Waals surface area contributed by atoms with Crippen LogP contribution in [0.2, 0.25) is 0 Å². The van der Waals surface area contributed by atoms with Gasteiger partial charge in [-0.3, -0.25) is 0 Å². The molecule has 0 amide bonds. The molecule has 0 aliphatic carbocycles. The fraction of sp³-hybridized carbons (Fsp3) is 0.500. The standard InChI is InChI=1S/C4F6S/c5-3(6,7)2(1-11)4(8,9)10. The van der Waals surface area contributed by atoms with E-state index < -0.39 is 17.9 Å². The lowest BCUT2D eigenvalue weighted by molar-refractivity contribution is -0.169. The minimum absolute atomic E-state index is 0.632. The summed E-state index contributed by atoms with van der Waals surface area (Å²) in [6.45, 7) is 0. The van der Waals surface area contributed by atoms with Gasteiger partial charge in [0.2, 0.25) is 0 Å². The molecule has 0 rings (SSSR count). The van der Waals surface area contributed by atoms with Crippen LogP contribution in [0.1, 0.15) is 0 Å². The monoisotopic (exact) mass is 194 g/mol. The second-order valence-electron chi connectivity index (χ2n) is 1.47. The van der Waals surface area contributed by atoms with Crippen LogP contribution < -0.4 is 0 Å². The molecule has 0 aliphatic rings. The van der Waals surface area contributed by atoms with Crippen LogP contribution in [0.4, 0.5) is 26.3 Å². The Morgan fingerprint density at radius 3 is 1.18 bits per heavy atom. The molecule has 0 nitrogen and oxygen atoms in total. The summed E-state index contributed by atoms with van der Waals surface area (Å²) < 4.78 is 68.0. The summed E-state index contributed by atoms with van der Waals surface area (Å²) in [5.74, 6) is 0. The Labute approximate surface area is 62.5 Å². The third kappa shape index (κ3) is 2.90. The minimum Gasteiger partial charge on any atom is -0.165 e. The van der Waals surface area contributed by atoms with E-state index in [9.17, 15) is 26.3 Å². The Morgan fingerprint density at radius 1 is 0.909 bits per heavy atom. The Kier molecular flexibility index (Phi) is 2.69. The molecule has 0 N–H and O–H groups in total. The van der Waals surface area contributed by atoms with E-state index in [1.807, 2.05) is 0 Å². The first-order chi connectivity index (χ1) is 4.69. The first kappa shape index (κ1) is 10.4. The highest BCUT2D eigenvalue weighted by Gasteiger charge is 2.51. The van der Waals surface area contributed by atoms with Gasteiger partial charge in [0, 0.05) is 0 Å². The van der Waals surface area contributed by atoms with E-state index in [0.29, 0.717) is 5.02 Å². The van der Waals surface area contributed by atoms with Crippen molar-refractivity contribution in [1.29, 1.82) is 0 Å². The van der Waals surface area contributed by atoms with Crippen LogP contribution in [-0.4, -0.2) is 17.4 Å². The van der Waals surface area contributed by atoms with Crippen molar-refractivity contribution in [2.75, 3.05) is 0 Å². The lowest BCUT2D eigenvalue weighted by Crippen LogP contribution is -2.26. The maximum Gasteiger partial charge on any atom is 0.429 e. The molecule has 0 saturated carbocycles. The molecule has 0 atom stereocenters. The summed E-state index contributed by atoms with van der Waals surface area (Å²) in [6.07, 6.45) is -10.9. The van der Waals surface area contributed by atoms with Crippen molar-refractivity contribution >= 4 is 17.2 Å². The molecule has 0 aromatic rings. The van der Waals surface area contributed by atoms with Gasteiger partial charge in [0.25, 0.3) is 0 Å². The van der Waals surface area contributed by atoms with Gasteiger partial charge >= 0.3 is 12.4 Å². The minimum atomic E-state index is -5.47. The van der Waals surface area contributed by atoms with Crippen molar-refractivity contribution in [3.8, 4) is 0 Å². The van der Waals surface area contributed by atoms with E-state index in [-0.39, 0.29) is 0 Å². The zero-order chi connectivity index (χ0) is 9.28. The highest BCUT2D eigenvalue weighted by atomic mass is 32.1. The van der Waals surface area contributed by atoms with Gasteiger partial charge in [0.05, 0.1) is 0 Å². The molecule has 64 valence electrons. The van der Waals surface area contributed by atoms with Crippen molar-refractivity contribution in [1.82, 2.24) is 0 Å². The summed E-state index contributed by atoms with van der Waals surface area (Å²) >= 11 is 3.44. The molecule has 0 radical (unpaired) electrons. The summed E-state index contributed by atoms with van der Waals surface area (Å²) in [6, 6.07) is 0. The fourth-order valence-electron chi connectivity index (χ4n) is 0.276. The predicted octanol–water partition coefficient (Wildman–Crippen LogP) is 2.64. The Balaban J connectivity index is 4.90. The Hall–Kier alpha value is -0.550. The van der Waals surface area contributed by atoms with Crippen LogP contribution in [0.15, 0.2) is 5.57 Å². The van der Waals surface area contributed by atoms with Crippen molar-refractivity contribution < 1.29 is 26.3 Å². The second-order valence-corrected chi connectivity index (χ2v) is 1.68. The third-order valence-corrected chi connectivity index (χ3v) is 0.873. The van der Waals surface area contributed by atoms with Crippen molar-refractivity contribution in [3.63, 3.8) is 0 Å². The molecule has 0 saturated heterocycles. The quantitative estimate of drug-likeness (QED) is 0.422. The third-order valence-electron chi connectivity index (χ3n) is 0.669. The number of alkyl halides is 6. The molecule has 0 aromatic heterocycles. The first-order valence-corrected chi connectivity index (χ1v) is 2.50. The largest absolute Gasteiger partial charge is 0.429 e. The van der Waals surface area contributed by atoms with Gasteiger partial charge < -0.3 is 0 Å². The van der Waals surface area contributed by atoms with Crippen molar-refractivity contribution in [2.45, 2.75) is 12.4 Å². The Bertz CT molecular complexity index is 176. The Morgan fingerprint density at radius 2 is 1.18 bits per heavy atom. The topological polar surface area (TPSA) is 0 Å². The molecule has 0 aromatic carbocycles. The molecule has 0 fully saturated rings. The second kappa shape index (κ2) is 2.83. The zero-order valence-electron chi connectivity index (χ0n) is 4.68. The summed E-state index contributed by atoms with van der Waals surface area (Å²) in [5, 5.41) is 0.632. The van der Waals surface area contributed by atoms with Gasteiger partial charge in [-0.2, -0.15) is 26.3 Å². The van der Waals surface area contributed by atoms with E-state index in [1.165, 1.54) is 0 Å². The van der Waals surface area contributed by atoms with Gasteiger partial charge in [-0.05, 0) is 17.2 Å². The predicted molar refractivity (Wildman–Crippen MR) is 28.2 cm³/mol. The maximum absolute atomic E-state index is 11.3. The molecular weight excluding hydrogens is 194 g/mol. The number of rotatable bonds is 0. The molecule has 0 aliphatic heterocycles. The molecule has 0 bridgehead atoms. The van der Waals surface area contributed by atoms with E-state index >= 15 is 0 Å². The van der Waals surface area contributed by atoms with Crippen molar-refractivity contribution in [3.05, 3.63) is 5.57 Å². The van der Waals surface area contributed by atoms with E-state index in [2.05, 4.69) is 12.2 Å². The lowest BCUT2D eigenvalue weighted by atomic mass is 10.3. The number of hydrogen-bond acceptors (Lipinski definition) is 1. The average Bonchev–Trinajstić information content (AvgIpc) is 1.56. The maximum atomic E-state index is 11.3. The van der Waals surface area contributed by atoms with Crippen LogP contribution in [0.5, 0.6) is 0 Å².